The van der Waals surface area contributed by atoms with Crippen LogP contribution in [0.4, 0.5) is 0 Å². The normalized spacial score (nSPS) is 11.3. The molecule has 3 nitrogen and oxygen atoms in total. The fourth-order valence-corrected chi connectivity index (χ4v) is 3.02. The fourth-order valence-electron chi connectivity index (χ4n) is 2.57. The second-order valence-corrected chi connectivity index (χ2v) is 6.59. The highest BCUT2D eigenvalue weighted by molar-refractivity contribution is 9.10. The third kappa shape index (κ3) is 4.42. The van der Waals surface area contributed by atoms with Gasteiger partial charge in [-0.3, -0.25) is 4.68 Å². The van der Waals surface area contributed by atoms with Crippen LogP contribution in [0.5, 0.6) is 0 Å². The van der Waals surface area contributed by atoms with Crippen LogP contribution in [-0.4, -0.2) is 16.3 Å². The number of halogens is 1. The average molecular weight is 350 g/mol. The van der Waals surface area contributed by atoms with E-state index in [-0.39, 0.29) is 0 Å². The van der Waals surface area contributed by atoms with Crippen molar-refractivity contribution in [2.45, 2.75) is 46.2 Å². The van der Waals surface area contributed by atoms with Crippen LogP contribution >= 0.6 is 15.9 Å². The molecule has 0 bridgehead atoms. The smallest absolute Gasteiger partial charge is 0.0663 e. The van der Waals surface area contributed by atoms with Gasteiger partial charge in [-0.1, -0.05) is 48.8 Å². The second kappa shape index (κ2) is 7.76. The maximum absolute atomic E-state index is 4.60. The molecule has 1 heterocycles. The van der Waals surface area contributed by atoms with Crippen molar-refractivity contribution >= 4 is 15.9 Å². The zero-order chi connectivity index (χ0) is 15.2. The molecule has 1 N–H and O–H groups in total. The van der Waals surface area contributed by atoms with Crippen LogP contribution in [0, 0.1) is 0 Å². The van der Waals surface area contributed by atoms with E-state index in [2.05, 4.69) is 76.1 Å². The molecule has 0 unspecified atom stereocenters. The fraction of sp³-hybridized carbons (Fsp3) is 0.471. The molecule has 2 rings (SSSR count). The minimum absolute atomic E-state index is 0.470. The molecule has 21 heavy (non-hydrogen) atoms. The maximum Gasteiger partial charge on any atom is 0.0663 e. The average Bonchev–Trinajstić information content (AvgIpc) is 2.82. The zero-order valence-corrected chi connectivity index (χ0v) is 14.7. The Labute approximate surface area is 135 Å². The van der Waals surface area contributed by atoms with Gasteiger partial charge in [0, 0.05) is 22.3 Å². The summed E-state index contributed by atoms with van der Waals surface area (Å²) in [4.78, 5) is 0. The first-order chi connectivity index (χ1) is 10.1. The lowest BCUT2D eigenvalue weighted by Crippen LogP contribution is -2.16. The Morgan fingerprint density at radius 1 is 1.33 bits per heavy atom. The van der Waals surface area contributed by atoms with E-state index in [0.717, 1.165) is 30.5 Å². The number of rotatable bonds is 7. The molecule has 1 aromatic carbocycles. The van der Waals surface area contributed by atoms with Crippen molar-refractivity contribution < 1.29 is 0 Å². The van der Waals surface area contributed by atoms with Crippen molar-refractivity contribution in [3.8, 4) is 0 Å². The quantitative estimate of drug-likeness (QED) is 0.754. The Morgan fingerprint density at radius 3 is 2.81 bits per heavy atom. The summed E-state index contributed by atoms with van der Waals surface area (Å²) in [7, 11) is 0. The van der Waals surface area contributed by atoms with Crippen LogP contribution in [0.1, 0.15) is 49.9 Å². The minimum atomic E-state index is 0.470. The van der Waals surface area contributed by atoms with Crippen LogP contribution in [0.2, 0.25) is 0 Å². The Bertz CT molecular complexity index is 575. The van der Waals surface area contributed by atoms with Crippen LogP contribution in [0.25, 0.3) is 0 Å². The van der Waals surface area contributed by atoms with Crippen molar-refractivity contribution in [2.24, 2.45) is 0 Å². The van der Waals surface area contributed by atoms with Gasteiger partial charge >= 0.3 is 0 Å². The third-order valence-electron chi connectivity index (χ3n) is 3.47. The zero-order valence-electron chi connectivity index (χ0n) is 13.1. The molecule has 0 fully saturated rings. The molecule has 0 amide bonds. The van der Waals surface area contributed by atoms with E-state index in [1.165, 1.54) is 16.8 Å². The minimum Gasteiger partial charge on any atom is -0.313 e. The molecule has 0 atom stereocenters. The molecule has 4 heteroatoms. The summed E-state index contributed by atoms with van der Waals surface area (Å²) in [6.45, 7) is 9.43. The lowest BCUT2D eigenvalue weighted by molar-refractivity contribution is 0.605. The van der Waals surface area contributed by atoms with Crippen molar-refractivity contribution in [3.63, 3.8) is 0 Å². The van der Waals surface area contributed by atoms with Crippen molar-refractivity contribution in [1.82, 2.24) is 15.1 Å². The SMILES string of the molecule is CCCNCc1cnn(Cc2cccc(Br)c2)c1C(C)C. The van der Waals surface area contributed by atoms with Crippen LogP contribution < -0.4 is 5.32 Å². The first kappa shape index (κ1) is 16.2. The molecule has 0 aliphatic carbocycles. The number of nitrogens with one attached hydrogen (secondary N) is 1. The number of benzene rings is 1. The topological polar surface area (TPSA) is 29.9 Å². The van der Waals surface area contributed by atoms with Gasteiger partial charge in [-0.15, -0.1) is 0 Å². The van der Waals surface area contributed by atoms with Crippen molar-refractivity contribution in [3.05, 3.63) is 51.8 Å². The van der Waals surface area contributed by atoms with Crippen LogP contribution in [0.3, 0.4) is 0 Å². The largest absolute Gasteiger partial charge is 0.313 e. The highest BCUT2D eigenvalue weighted by Gasteiger charge is 2.14. The van der Waals surface area contributed by atoms with Gasteiger partial charge in [-0.05, 0) is 36.6 Å². The maximum atomic E-state index is 4.60. The van der Waals surface area contributed by atoms with Gasteiger partial charge in [0.15, 0.2) is 0 Å². The Morgan fingerprint density at radius 2 is 2.14 bits per heavy atom. The van der Waals surface area contributed by atoms with Gasteiger partial charge < -0.3 is 5.32 Å². The van der Waals surface area contributed by atoms with E-state index in [1.807, 2.05) is 6.20 Å². The Balaban J connectivity index is 2.19. The molecule has 114 valence electrons. The molecular weight excluding hydrogens is 326 g/mol. The molecule has 0 spiro atoms. The van der Waals surface area contributed by atoms with E-state index >= 15 is 0 Å². The summed E-state index contributed by atoms with van der Waals surface area (Å²) in [5.41, 5.74) is 3.91. The van der Waals surface area contributed by atoms with Gasteiger partial charge in [-0.2, -0.15) is 5.10 Å². The number of hydrogen-bond donors (Lipinski definition) is 1. The highest BCUT2D eigenvalue weighted by atomic mass is 79.9. The summed E-state index contributed by atoms with van der Waals surface area (Å²) in [5, 5.41) is 8.07. The first-order valence-corrected chi connectivity index (χ1v) is 8.40. The summed E-state index contributed by atoms with van der Waals surface area (Å²) >= 11 is 3.53. The summed E-state index contributed by atoms with van der Waals surface area (Å²) < 4.78 is 3.25. The Kier molecular flexibility index (Phi) is 6.00. The van der Waals surface area contributed by atoms with Gasteiger partial charge in [0.25, 0.3) is 0 Å². The molecular formula is C17H24BrN3. The van der Waals surface area contributed by atoms with Crippen LogP contribution in [0.15, 0.2) is 34.9 Å². The van der Waals surface area contributed by atoms with Crippen molar-refractivity contribution in [1.29, 1.82) is 0 Å². The summed E-state index contributed by atoms with van der Waals surface area (Å²) in [5.74, 6) is 0.470. The first-order valence-electron chi connectivity index (χ1n) is 7.61. The standard InChI is InChI=1S/C17H24BrN3/c1-4-8-19-10-15-11-20-21(17(15)13(2)3)12-14-6-5-7-16(18)9-14/h5-7,9,11,13,19H,4,8,10,12H2,1-3H3. The molecule has 2 aromatic rings. The lowest BCUT2D eigenvalue weighted by Gasteiger charge is -2.13. The molecule has 0 radical (unpaired) electrons. The van der Waals surface area contributed by atoms with Gasteiger partial charge in [0.05, 0.1) is 12.7 Å². The van der Waals surface area contributed by atoms with Gasteiger partial charge in [0.2, 0.25) is 0 Å². The van der Waals surface area contributed by atoms with E-state index in [0.29, 0.717) is 5.92 Å². The monoisotopic (exact) mass is 349 g/mol. The van der Waals surface area contributed by atoms with E-state index in [9.17, 15) is 0 Å². The molecule has 0 saturated heterocycles. The predicted molar refractivity (Wildman–Crippen MR) is 91.6 cm³/mol. The molecule has 0 aliphatic rings. The summed E-state index contributed by atoms with van der Waals surface area (Å²) in [6.07, 6.45) is 3.17. The molecule has 0 saturated carbocycles. The van der Waals surface area contributed by atoms with E-state index in [4.69, 9.17) is 0 Å². The molecule has 1 aromatic heterocycles. The van der Waals surface area contributed by atoms with Crippen LogP contribution in [-0.2, 0) is 13.1 Å². The number of hydrogen-bond acceptors (Lipinski definition) is 2. The number of nitrogens with zero attached hydrogens (tertiary/aromatic N) is 2. The molecule has 0 aliphatic heterocycles. The number of aromatic nitrogens is 2. The van der Waals surface area contributed by atoms with Gasteiger partial charge in [0.1, 0.15) is 0 Å². The highest BCUT2D eigenvalue weighted by Crippen LogP contribution is 2.21. The lowest BCUT2D eigenvalue weighted by atomic mass is 10.1. The van der Waals surface area contributed by atoms with Crippen molar-refractivity contribution in [2.75, 3.05) is 6.54 Å². The second-order valence-electron chi connectivity index (χ2n) is 5.67. The Hall–Kier alpha value is -1.13. The van der Waals surface area contributed by atoms with E-state index in [1.54, 1.807) is 0 Å². The third-order valence-corrected chi connectivity index (χ3v) is 3.96. The predicted octanol–water partition coefficient (Wildman–Crippen LogP) is 4.32. The van der Waals surface area contributed by atoms with Gasteiger partial charge in [-0.25, -0.2) is 0 Å². The van der Waals surface area contributed by atoms with E-state index < -0.39 is 0 Å². The summed E-state index contributed by atoms with van der Waals surface area (Å²) in [6, 6.07) is 8.42.